The lowest BCUT2D eigenvalue weighted by Crippen LogP contribution is -2.22. The number of methoxy groups -OCH3 is 2. The Balaban J connectivity index is 1.88. The highest BCUT2D eigenvalue weighted by molar-refractivity contribution is 5.93. The van der Waals surface area contributed by atoms with Crippen LogP contribution in [0.4, 0.5) is 5.69 Å². The third-order valence-electron chi connectivity index (χ3n) is 3.83. The zero-order valence-electron chi connectivity index (χ0n) is 15.4. The lowest BCUT2D eigenvalue weighted by atomic mass is 10.1. The number of benzene rings is 2. The second-order valence-electron chi connectivity index (χ2n) is 5.89. The fraction of sp³-hybridized carbons (Fsp3) is 0.300. The van der Waals surface area contributed by atoms with Crippen LogP contribution >= 0.6 is 0 Å². The van der Waals surface area contributed by atoms with Crippen molar-refractivity contribution in [2.45, 2.75) is 20.3 Å². The van der Waals surface area contributed by atoms with Crippen molar-refractivity contribution in [1.29, 1.82) is 0 Å². The van der Waals surface area contributed by atoms with Gasteiger partial charge in [-0.25, -0.2) is 0 Å². The number of anilines is 1. The molecule has 0 heterocycles. The molecule has 2 rings (SSSR count). The quantitative estimate of drug-likeness (QED) is 0.771. The highest BCUT2D eigenvalue weighted by atomic mass is 16.5. The molecule has 0 radical (unpaired) electrons. The Bertz CT molecular complexity index is 801. The number of amides is 1. The Morgan fingerprint density at radius 3 is 2.38 bits per heavy atom. The minimum Gasteiger partial charge on any atom is -0.493 e. The molecule has 0 aliphatic carbocycles. The molecule has 1 amide bonds. The van der Waals surface area contributed by atoms with Crippen LogP contribution in [0.15, 0.2) is 36.4 Å². The maximum Gasteiger partial charge on any atom is 0.310 e. The molecule has 0 saturated carbocycles. The molecule has 138 valence electrons. The number of carbonyl (C=O) groups excluding carboxylic acids is 2. The molecule has 0 fully saturated rings. The summed E-state index contributed by atoms with van der Waals surface area (Å²) >= 11 is 0. The summed E-state index contributed by atoms with van der Waals surface area (Å²) in [5, 5.41) is 2.75. The van der Waals surface area contributed by atoms with Gasteiger partial charge in [-0.2, -0.15) is 0 Å². The minimum atomic E-state index is -0.492. The van der Waals surface area contributed by atoms with E-state index in [1.165, 1.54) is 7.11 Å². The molecule has 2 aromatic rings. The summed E-state index contributed by atoms with van der Waals surface area (Å²) in [6.45, 7) is 3.51. The lowest BCUT2D eigenvalue weighted by molar-refractivity contribution is -0.146. The molecule has 0 atom stereocenters. The standard InChI is InChI=1S/C20H23NO5/c1-13-5-6-14(2)16(9-13)21-19(22)12-26-20(23)11-15-7-8-17(24-3)18(10-15)25-4/h5-10H,11-12H2,1-4H3,(H,21,22). The highest BCUT2D eigenvalue weighted by Gasteiger charge is 2.12. The Labute approximate surface area is 153 Å². The van der Waals surface area contributed by atoms with E-state index < -0.39 is 5.97 Å². The zero-order valence-corrected chi connectivity index (χ0v) is 15.4. The van der Waals surface area contributed by atoms with Crippen molar-refractivity contribution in [3.05, 3.63) is 53.1 Å². The maximum atomic E-state index is 12.0. The third kappa shape index (κ3) is 5.24. The zero-order chi connectivity index (χ0) is 19.1. The molecule has 0 bridgehead atoms. The largest absolute Gasteiger partial charge is 0.493 e. The van der Waals surface area contributed by atoms with Crippen molar-refractivity contribution in [2.24, 2.45) is 0 Å². The van der Waals surface area contributed by atoms with Gasteiger partial charge in [-0.15, -0.1) is 0 Å². The molecule has 0 aromatic heterocycles. The van der Waals surface area contributed by atoms with Gasteiger partial charge >= 0.3 is 5.97 Å². The SMILES string of the molecule is COc1ccc(CC(=O)OCC(=O)Nc2cc(C)ccc2C)cc1OC. The summed E-state index contributed by atoms with van der Waals surface area (Å²) in [5.74, 6) is 0.246. The molecule has 1 N–H and O–H groups in total. The van der Waals surface area contributed by atoms with Gasteiger partial charge in [-0.05, 0) is 48.7 Å². The van der Waals surface area contributed by atoms with E-state index in [0.717, 1.165) is 11.1 Å². The number of rotatable bonds is 7. The molecule has 0 spiro atoms. The molecule has 6 heteroatoms. The molecule has 6 nitrogen and oxygen atoms in total. The average Bonchev–Trinajstić information content (AvgIpc) is 2.63. The van der Waals surface area contributed by atoms with Crippen LogP contribution < -0.4 is 14.8 Å². The first-order valence-corrected chi connectivity index (χ1v) is 8.16. The number of nitrogens with one attached hydrogen (secondary N) is 1. The van der Waals surface area contributed by atoms with E-state index in [1.54, 1.807) is 25.3 Å². The Hall–Kier alpha value is -3.02. The highest BCUT2D eigenvalue weighted by Crippen LogP contribution is 2.27. The van der Waals surface area contributed by atoms with E-state index in [2.05, 4.69) is 5.32 Å². The Morgan fingerprint density at radius 1 is 0.962 bits per heavy atom. The fourth-order valence-electron chi connectivity index (χ4n) is 2.41. The monoisotopic (exact) mass is 357 g/mol. The third-order valence-corrected chi connectivity index (χ3v) is 3.83. The normalized spacial score (nSPS) is 10.2. The number of ether oxygens (including phenoxy) is 3. The number of carbonyl (C=O) groups is 2. The van der Waals surface area contributed by atoms with E-state index in [1.807, 2.05) is 32.0 Å². The fourth-order valence-corrected chi connectivity index (χ4v) is 2.41. The van der Waals surface area contributed by atoms with Crippen molar-refractivity contribution in [3.8, 4) is 11.5 Å². The predicted octanol–water partition coefficient (Wildman–Crippen LogP) is 3.05. The van der Waals surface area contributed by atoms with Crippen molar-refractivity contribution < 1.29 is 23.8 Å². The number of hydrogen-bond donors (Lipinski definition) is 1. The van der Waals surface area contributed by atoms with Gasteiger partial charge in [0.1, 0.15) is 0 Å². The van der Waals surface area contributed by atoms with Crippen molar-refractivity contribution in [3.63, 3.8) is 0 Å². The van der Waals surface area contributed by atoms with E-state index in [9.17, 15) is 9.59 Å². The van der Waals surface area contributed by atoms with Crippen LogP contribution in [0, 0.1) is 13.8 Å². The molecule has 0 unspecified atom stereocenters. The Kier molecular flexibility index (Phi) is 6.60. The number of esters is 1. The van der Waals surface area contributed by atoms with E-state index in [4.69, 9.17) is 14.2 Å². The molecular weight excluding hydrogens is 334 g/mol. The maximum absolute atomic E-state index is 12.0. The smallest absolute Gasteiger partial charge is 0.310 e. The van der Waals surface area contributed by atoms with E-state index >= 15 is 0 Å². The van der Waals surface area contributed by atoms with Crippen LogP contribution in [0.3, 0.4) is 0 Å². The van der Waals surface area contributed by atoms with Gasteiger partial charge in [0.15, 0.2) is 18.1 Å². The van der Waals surface area contributed by atoms with Gasteiger partial charge in [0.2, 0.25) is 0 Å². The number of aryl methyl sites for hydroxylation is 2. The van der Waals surface area contributed by atoms with Gasteiger partial charge in [-0.3, -0.25) is 9.59 Å². The van der Waals surface area contributed by atoms with Crippen molar-refractivity contribution >= 4 is 17.6 Å². The predicted molar refractivity (Wildman–Crippen MR) is 98.8 cm³/mol. The number of hydrogen-bond acceptors (Lipinski definition) is 5. The minimum absolute atomic E-state index is 0.0388. The van der Waals surface area contributed by atoms with E-state index in [0.29, 0.717) is 22.7 Å². The second kappa shape index (κ2) is 8.89. The van der Waals surface area contributed by atoms with Crippen molar-refractivity contribution in [2.75, 3.05) is 26.1 Å². The second-order valence-corrected chi connectivity index (χ2v) is 5.89. The lowest BCUT2D eigenvalue weighted by Gasteiger charge is -2.11. The van der Waals surface area contributed by atoms with Gasteiger partial charge < -0.3 is 19.5 Å². The van der Waals surface area contributed by atoms with Crippen LogP contribution in [-0.2, 0) is 20.7 Å². The van der Waals surface area contributed by atoms with Crippen LogP contribution in [-0.4, -0.2) is 32.7 Å². The summed E-state index contributed by atoms with van der Waals surface area (Å²) in [6.07, 6.45) is 0.0388. The van der Waals surface area contributed by atoms with Crippen molar-refractivity contribution in [1.82, 2.24) is 0 Å². The molecule has 26 heavy (non-hydrogen) atoms. The van der Waals surface area contributed by atoms with Crippen LogP contribution in [0.5, 0.6) is 11.5 Å². The first-order valence-electron chi connectivity index (χ1n) is 8.16. The molecule has 0 aliphatic heterocycles. The van der Waals surface area contributed by atoms with Gasteiger partial charge in [0, 0.05) is 5.69 Å². The molecule has 2 aromatic carbocycles. The first-order chi connectivity index (χ1) is 12.4. The topological polar surface area (TPSA) is 73.9 Å². The summed E-state index contributed by atoms with van der Waals surface area (Å²) in [6, 6.07) is 10.9. The molecule has 0 aliphatic rings. The summed E-state index contributed by atoms with van der Waals surface area (Å²) in [5.41, 5.74) is 3.41. The average molecular weight is 357 g/mol. The summed E-state index contributed by atoms with van der Waals surface area (Å²) in [4.78, 5) is 24.0. The first kappa shape index (κ1) is 19.3. The summed E-state index contributed by atoms with van der Waals surface area (Å²) in [7, 11) is 3.07. The molecular formula is C20H23NO5. The summed E-state index contributed by atoms with van der Waals surface area (Å²) < 4.78 is 15.4. The van der Waals surface area contributed by atoms with Gasteiger partial charge in [0.05, 0.1) is 20.6 Å². The van der Waals surface area contributed by atoms with Gasteiger partial charge in [0.25, 0.3) is 5.91 Å². The van der Waals surface area contributed by atoms with Crippen LogP contribution in [0.25, 0.3) is 0 Å². The van der Waals surface area contributed by atoms with Crippen LogP contribution in [0.2, 0.25) is 0 Å². The van der Waals surface area contributed by atoms with Gasteiger partial charge in [-0.1, -0.05) is 18.2 Å². The van der Waals surface area contributed by atoms with Crippen LogP contribution in [0.1, 0.15) is 16.7 Å². The molecule has 0 saturated heterocycles. The van der Waals surface area contributed by atoms with E-state index in [-0.39, 0.29) is 18.9 Å². The Morgan fingerprint density at radius 2 is 1.69 bits per heavy atom.